The molecule has 5 nitrogen and oxygen atoms in total. The number of nitrogens with zero attached hydrogens (tertiary/aromatic N) is 2. The molecule has 0 amide bonds. The Kier molecular flexibility index (Phi) is 7.47. The molecule has 5 heteroatoms. The number of anilines is 6. The first-order valence-corrected chi connectivity index (χ1v) is 19.8. The van der Waals surface area contributed by atoms with Crippen LogP contribution in [-0.4, -0.2) is 0 Å². The van der Waals surface area contributed by atoms with Crippen LogP contribution in [0.1, 0.15) is 0 Å². The topological polar surface area (TPSA) is 38.1 Å². The largest absolute Gasteiger partial charge is 0.456 e. The van der Waals surface area contributed by atoms with Gasteiger partial charge in [0.25, 0.3) is 0 Å². The van der Waals surface area contributed by atoms with Crippen molar-refractivity contribution in [1.29, 1.82) is 0 Å². The van der Waals surface area contributed by atoms with Gasteiger partial charge >= 0.3 is 0 Å². The van der Waals surface area contributed by atoms with E-state index in [9.17, 15) is 0 Å². The Morgan fingerprint density at radius 2 is 0.644 bits per heavy atom. The van der Waals surface area contributed by atoms with E-state index in [-0.39, 0.29) is 0 Å². The standard InChI is InChI=1S/C54H34N2O3/c1-6-16-49-43(11-1)44-34-37(25-30-50(44)57-49)40-32-38(35-21-26-41(27-22-35)55-45-12-2-7-17-51(45)58-52-18-8-3-13-46(52)55)31-39(33-40)36-23-28-42(29-24-36)56-47-14-4-9-19-53(47)59-54-20-10-5-15-48(54)56/h1-34H. The molecular weight excluding hydrogens is 725 g/mol. The zero-order chi connectivity index (χ0) is 38.9. The molecule has 0 spiro atoms. The van der Waals surface area contributed by atoms with Gasteiger partial charge in [-0.25, -0.2) is 0 Å². The Labute approximate surface area is 341 Å². The van der Waals surface area contributed by atoms with E-state index in [1.165, 1.54) is 0 Å². The highest BCUT2D eigenvalue weighted by atomic mass is 16.5. The van der Waals surface area contributed by atoms with E-state index in [2.05, 4.69) is 155 Å². The second kappa shape index (κ2) is 13.3. The van der Waals surface area contributed by atoms with Gasteiger partial charge in [0.1, 0.15) is 11.2 Å². The van der Waals surface area contributed by atoms with Crippen molar-refractivity contribution in [3.05, 3.63) is 206 Å². The summed E-state index contributed by atoms with van der Waals surface area (Å²) in [7, 11) is 0. The second-order valence-corrected chi connectivity index (χ2v) is 14.9. The molecule has 0 N–H and O–H groups in total. The highest BCUT2D eigenvalue weighted by Gasteiger charge is 2.27. The highest BCUT2D eigenvalue weighted by Crippen LogP contribution is 2.52. The summed E-state index contributed by atoms with van der Waals surface area (Å²) in [6.07, 6.45) is 0. The molecule has 0 saturated heterocycles. The van der Waals surface area contributed by atoms with E-state index < -0.39 is 0 Å². The fourth-order valence-corrected chi connectivity index (χ4v) is 8.60. The molecular formula is C54H34N2O3. The second-order valence-electron chi connectivity index (χ2n) is 14.9. The van der Waals surface area contributed by atoms with Crippen LogP contribution in [0.5, 0.6) is 23.0 Å². The number of ether oxygens (including phenoxy) is 2. The minimum atomic E-state index is 0.836. The van der Waals surface area contributed by atoms with Gasteiger partial charge in [-0.05, 0) is 143 Å². The molecule has 0 unspecified atom stereocenters. The van der Waals surface area contributed by atoms with Crippen LogP contribution in [0, 0.1) is 0 Å². The molecule has 9 aromatic carbocycles. The summed E-state index contributed by atoms with van der Waals surface area (Å²) in [4.78, 5) is 4.55. The van der Waals surface area contributed by atoms with Crippen molar-refractivity contribution in [2.24, 2.45) is 0 Å². The van der Waals surface area contributed by atoms with Gasteiger partial charge < -0.3 is 23.7 Å². The molecule has 2 aliphatic rings. The van der Waals surface area contributed by atoms with Gasteiger partial charge in [0.15, 0.2) is 23.0 Å². The molecule has 0 radical (unpaired) electrons. The number of hydrogen-bond acceptors (Lipinski definition) is 5. The van der Waals surface area contributed by atoms with Crippen LogP contribution in [0.2, 0.25) is 0 Å². The van der Waals surface area contributed by atoms with Crippen LogP contribution in [0.3, 0.4) is 0 Å². The molecule has 0 saturated carbocycles. The lowest BCUT2D eigenvalue weighted by atomic mass is 9.92. The third-order valence-electron chi connectivity index (χ3n) is 11.4. The maximum absolute atomic E-state index is 6.30. The summed E-state index contributed by atoms with van der Waals surface area (Å²) in [6.45, 7) is 0. The summed E-state index contributed by atoms with van der Waals surface area (Å²) in [5, 5.41) is 2.22. The van der Waals surface area contributed by atoms with Crippen molar-refractivity contribution in [3.63, 3.8) is 0 Å². The van der Waals surface area contributed by atoms with E-state index in [0.717, 1.165) is 112 Å². The van der Waals surface area contributed by atoms with Crippen molar-refractivity contribution in [1.82, 2.24) is 0 Å². The van der Waals surface area contributed by atoms with Crippen LogP contribution in [-0.2, 0) is 0 Å². The van der Waals surface area contributed by atoms with Crippen molar-refractivity contribution >= 4 is 56.1 Å². The molecule has 12 rings (SSSR count). The molecule has 1 aromatic heterocycles. The third-order valence-corrected chi connectivity index (χ3v) is 11.4. The van der Waals surface area contributed by atoms with Crippen LogP contribution >= 0.6 is 0 Å². The quantitative estimate of drug-likeness (QED) is 0.175. The minimum Gasteiger partial charge on any atom is -0.456 e. The van der Waals surface area contributed by atoms with Gasteiger partial charge in [-0.1, -0.05) is 97.1 Å². The fraction of sp³-hybridized carbons (Fsp3) is 0. The Hall–Kier alpha value is -8.02. The van der Waals surface area contributed by atoms with Crippen molar-refractivity contribution in [2.45, 2.75) is 0 Å². The van der Waals surface area contributed by atoms with Gasteiger partial charge in [-0.15, -0.1) is 0 Å². The molecule has 3 heterocycles. The molecule has 0 atom stereocenters. The first-order valence-electron chi connectivity index (χ1n) is 19.8. The molecule has 0 bridgehead atoms. The van der Waals surface area contributed by atoms with Crippen molar-refractivity contribution in [2.75, 3.05) is 9.80 Å². The van der Waals surface area contributed by atoms with E-state index in [1.807, 2.05) is 60.7 Å². The summed E-state index contributed by atoms with van der Waals surface area (Å²) >= 11 is 0. The van der Waals surface area contributed by atoms with Crippen LogP contribution in [0.25, 0.3) is 55.3 Å². The lowest BCUT2D eigenvalue weighted by Gasteiger charge is -2.32. The maximum Gasteiger partial charge on any atom is 0.151 e. The number of para-hydroxylation sites is 9. The molecule has 278 valence electrons. The van der Waals surface area contributed by atoms with E-state index in [0.29, 0.717) is 0 Å². The Balaban J connectivity index is 0.970. The first kappa shape index (κ1) is 33.2. The summed E-state index contributed by atoms with van der Waals surface area (Å²) < 4.78 is 18.8. The summed E-state index contributed by atoms with van der Waals surface area (Å²) in [6, 6.07) is 72.2. The third kappa shape index (κ3) is 5.55. The van der Waals surface area contributed by atoms with Crippen molar-refractivity contribution in [3.8, 4) is 56.4 Å². The summed E-state index contributed by atoms with van der Waals surface area (Å²) in [5.74, 6) is 3.34. The number of rotatable bonds is 5. The first-order chi connectivity index (χ1) is 29.2. The molecule has 2 aliphatic heterocycles. The minimum absolute atomic E-state index is 0.836. The molecule has 0 fully saturated rings. The average Bonchev–Trinajstić information content (AvgIpc) is 3.68. The Morgan fingerprint density at radius 1 is 0.271 bits per heavy atom. The van der Waals surface area contributed by atoms with Gasteiger partial charge in [0.05, 0.1) is 22.7 Å². The predicted molar refractivity (Wildman–Crippen MR) is 240 cm³/mol. The van der Waals surface area contributed by atoms with Crippen LogP contribution < -0.4 is 19.3 Å². The SMILES string of the molecule is c1ccc2c(c1)Oc1ccccc1N2c1ccc(-c2cc(-c3ccc(N4c5ccccc5Oc5ccccc54)cc3)cc(-c3ccc4oc5ccccc5c4c3)c2)cc1. The number of fused-ring (bicyclic) bond motifs is 7. The zero-order valence-electron chi connectivity index (χ0n) is 31.7. The van der Waals surface area contributed by atoms with Crippen LogP contribution in [0.4, 0.5) is 34.1 Å². The zero-order valence-corrected chi connectivity index (χ0v) is 31.7. The number of benzene rings is 9. The molecule has 10 aromatic rings. The van der Waals surface area contributed by atoms with E-state index in [1.54, 1.807) is 0 Å². The van der Waals surface area contributed by atoms with E-state index >= 15 is 0 Å². The van der Waals surface area contributed by atoms with Gasteiger partial charge in [0, 0.05) is 22.1 Å². The van der Waals surface area contributed by atoms with E-state index in [4.69, 9.17) is 13.9 Å². The van der Waals surface area contributed by atoms with Gasteiger partial charge in [-0.3, -0.25) is 0 Å². The normalized spacial score (nSPS) is 12.6. The smallest absolute Gasteiger partial charge is 0.151 e. The average molecular weight is 759 g/mol. The number of hydrogen-bond donors (Lipinski definition) is 0. The molecule has 0 aliphatic carbocycles. The predicted octanol–water partition coefficient (Wildman–Crippen LogP) is 15.7. The number of furan rings is 1. The Bertz CT molecular complexity index is 2990. The monoisotopic (exact) mass is 758 g/mol. The Morgan fingerprint density at radius 3 is 1.12 bits per heavy atom. The van der Waals surface area contributed by atoms with Gasteiger partial charge in [-0.2, -0.15) is 0 Å². The van der Waals surface area contributed by atoms with Crippen molar-refractivity contribution < 1.29 is 13.9 Å². The van der Waals surface area contributed by atoms with Gasteiger partial charge in [0.2, 0.25) is 0 Å². The van der Waals surface area contributed by atoms with Crippen LogP contribution in [0.15, 0.2) is 211 Å². The highest BCUT2D eigenvalue weighted by molar-refractivity contribution is 6.06. The summed E-state index contributed by atoms with van der Waals surface area (Å²) in [5.41, 5.74) is 14.7. The lowest BCUT2D eigenvalue weighted by Crippen LogP contribution is -2.15. The molecule has 59 heavy (non-hydrogen) atoms. The fourth-order valence-electron chi connectivity index (χ4n) is 8.60. The lowest BCUT2D eigenvalue weighted by molar-refractivity contribution is 0.477. The maximum atomic E-state index is 6.30.